The molecule has 1 heteroatoms. The molecule has 0 spiro atoms. The number of benzene rings is 3. The van der Waals surface area contributed by atoms with Crippen LogP contribution in [0.4, 0.5) is 0 Å². The largest absolute Gasteiger partial charge is 0.376 e. The molecular formula is C20H20O. The Balaban J connectivity index is 1.59. The molecule has 0 amide bonds. The van der Waals surface area contributed by atoms with E-state index in [0.717, 1.165) is 6.61 Å². The zero-order valence-corrected chi connectivity index (χ0v) is 12.3. The molecule has 1 unspecified atom stereocenters. The lowest BCUT2D eigenvalue weighted by atomic mass is 10.0. The van der Waals surface area contributed by atoms with Crippen LogP contribution in [0.3, 0.4) is 0 Å². The van der Waals surface area contributed by atoms with Crippen LogP contribution >= 0.6 is 0 Å². The molecule has 0 saturated carbocycles. The minimum absolute atomic E-state index is 0.423. The third-order valence-corrected chi connectivity index (χ3v) is 3.82. The first kappa shape index (κ1) is 13.8. The van der Waals surface area contributed by atoms with E-state index in [9.17, 15) is 0 Å². The van der Waals surface area contributed by atoms with Crippen molar-refractivity contribution in [3.05, 3.63) is 83.9 Å². The lowest BCUT2D eigenvalue weighted by molar-refractivity contribution is 0.110. The van der Waals surface area contributed by atoms with Gasteiger partial charge < -0.3 is 4.74 Å². The summed E-state index contributed by atoms with van der Waals surface area (Å²) in [6.45, 7) is 3.62. The van der Waals surface area contributed by atoms with Crippen molar-refractivity contribution in [1.29, 1.82) is 0 Å². The fourth-order valence-corrected chi connectivity index (χ4v) is 2.56. The predicted octanol–water partition coefficient (Wildman–Crippen LogP) is 5.16. The lowest BCUT2D eigenvalue weighted by Crippen LogP contribution is -2.04. The van der Waals surface area contributed by atoms with Gasteiger partial charge in [-0.05, 0) is 28.0 Å². The maximum atomic E-state index is 5.88. The maximum Gasteiger partial charge on any atom is 0.0717 e. The fraction of sp³-hybridized carbons (Fsp3) is 0.200. The van der Waals surface area contributed by atoms with Gasteiger partial charge in [0.25, 0.3) is 0 Å². The third-order valence-electron chi connectivity index (χ3n) is 3.82. The van der Waals surface area contributed by atoms with Gasteiger partial charge in [-0.1, -0.05) is 73.7 Å². The Labute approximate surface area is 126 Å². The normalized spacial score (nSPS) is 12.4. The highest BCUT2D eigenvalue weighted by Gasteiger charge is 2.05. The van der Waals surface area contributed by atoms with E-state index < -0.39 is 0 Å². The Bertz CT molecular complexity index is 703. The van der Waals surface area contributed by atoms with Crippen molar-refractivity contribution in [2.45, 2.75) is 19.4 Å². The van der Waals surface area contributed by atoms with Crippen LogP contribution in [0.1, 0.15) is 24.0 Å². The zero-order chi connectivity index (χ0) is 14.5. The minimum atomic E-state index is 0.423. The number of ether oxygens (including phenoxy) is 1. The number of fused-ring (bicyclic) bond motifs is 1. The van der Waals surface area contributed by atoms with E-state index in [0.29, 0.717) is 12.5 Å². The molecule has 0 aliphatic heterocycles. The molecule has 0 bridgehead atoms. The van der Waals surface area contributed by atoms with Gasteiger partial charge in [-0.25, -0.2) is 0 Å². The SMILES string of the molecule is CC(COCc1ccc2ccccc2c1)c1ccccc1. The van der Waals surface area contributed by atoms with Gasteiger partial charge in [0.05, 0.1) is 13.2 Å². The van der Waals surface area contributed by atoms with Crippen LogP contribution in [0.25, 0.3) is 10.8 Å². The molecule has 106 valence electrons. The van der Waals surface area contributed by atoms with Crippen molar-refractivity contribution in [3.63, 3.8) is 0 Å². The number of hydrogen-bond acceptors (Lipinski definition) is 1. The highest BCUT2D eigenvalue weighted by molar-refractivity contribution is 5.82. The molecule has 0 aliphatic carbocycles. The van der Waals surface area contributed by atoms with Crippen LogP contribution in [-0.4, -0.2) is 6.61 Å². The minimum Gasteiger partial charge on any atom is -0.376 e. The van der Waals surface area contributed by atoms with Gasteiger partial charge >= 0.3 is 0 Å². The summed E-state index contributed by atoms with van der Waals surface area (Å²) in [5.41, 5.74) is 2.56. The monoisotopic (exact) mass is 276 g/mol. The van der Waals surface area contributed by atoms with E-state index in [2.05, 4.69) is 73.7 Å². The van der Waals surface area contributed by atoms with E-state index in [1.165, 1.54) is 21.9 Å². The van der Waals surface area contributed by atoms with Crippen LogP contribution in [0.15, 0.2) is 72.8 Å². The Hall–Kier alpha value is -2.12. The highest BCUT2D eigenvalue weighted by Crippen LogP contribution is 2.18. The summed E-state index contributed by atoms with van der Waals surface area (Å²) in [6.07, 6.45) is 0. The smallest absolute Gasteiger partial charge is 0.0717 e. The molecule has 0 radical (unpaired) electrons. The second-order valence-electron chi connectivity index (χ2n) is 5.51. The average molecular weight is 276 g/mol. The molecule has 0 aliphatic rings. The van der Waals surface area contributed by atoms with Gasteiger partial charge in [-0.2, -0.15) is 0 Å². The van der Waals surface area contributed by atoms with Crippen molar-refractivity contribution in [1.82, 2.24) is 0 Å². The molecular weight excluding hydrogens is 256 g/mol. The summed E-state index contributed by atoms with van der Waals surface area (Å²) < 4.78 is 5.88. The quantitative estimate of drug-likeness (QED) is 0.625. The van der Waals surface area contributed by atoms with Crippen molar-refractivity contribution in [2.24, 2.45) is 0 Å². The van der Waals surface area contributed by atoms with Crippen LogP contribution < -0.4 is 0 Å². The van der Waals surface area contributed by atoms with Gasteiger partial charge in [0.1, 0.15) is 0 Å². The molecule has 1 atom stereocenters. The molecule has 0 aromatic heterocycles. The fourth-order valence-electron chi connectivity index (χ4n) is 2.56. The zero-order valence-electron chi connectivity index (χ0n) is 12.3. The second-order valence-corrected chi connectivity index (χ2v) is 5.51. The summed E-state index contributed by atoms with van der Waals surface area (Å²) in [6, 6.07) is 25.5. The lowest BCUT2D eigenvalue weighted by Gasteiger charge is -2.12. The van der Waals surface area contributed by atoms with E-state index in [-0.39, 0.29) is 0 Å². The summed E-state index contributed by atoms with van der Waals surface area (Å²) >= 11 is 0. The Kier molecular flexibility index (Phi) is 4.32. The van der Waals surface area contributed by atoms with Crippen molar-refractivity contribution in [2.75, 3.05) is 6.61 Å². The first-order valence-corrected chi connectivity index (χ1v) is 7.43. The van der Waals surface area contributed by atoms with Crippen LogP contribution in [0.2, 0.25) is 0 Å². The van der Waals surface area contributed by atoms with Crippen LogP contribution in [-0.2, 0) is 11.3 Å². The van der Waals surface area contributed by atoms with Crippen molar-refractivity contribution >= 4 is 10.8 Å². The van der Waals surface area contributed by atoms with Crippen LogP contribution in [0, 0.1) is 0 Å². The van der Waals surface area contributed by atoms with Gasteiger partial charge in [-0.3, -0.25) is 0 Å². The Morgan fingerprint density at radius 3 is 2.33 bits per heavy atom. The first-order valence-electron chi connectivity index (χ1n) is 7.43. The maximum absolute atomic E-state index is 5.88. The summed E-state index contributed by atoms with van der Waals surface area (Å²) in [5, 5.41) is 2.55. The van der Waals surface area contributed by atoms with Crippen molar-refractivity contribution in [3.8, 4) is 0 Å². The molecule has 0 heterocycles. The van der Waals surface area contributed by atoms with Gasteiger partial charge in [-0.15, -0.1) is 0 Å². The third kappa shape index (κ3) is 3.50. The van der Waals surface area contributed by atoms with Gasteiger partial charge in [0.15, 0.2) is 0 Å². The van der Waals surface area contributed by atoms with E-state index in [1.54, 1.807) is 0 Å². The molecule has 0 N–H and O–H groups in total. The Morgan fingerprint density at radius 2 is 1.52 bits per heavy atom. The molecule has 3 rings (SSSR count). The predicted molar refractivity (Wildman–Crippen MR) is 88.5 cm³/mol. The van der Waals surface area contributed by atoms with Gasteiger partial charge in [0, 0.05) is 5.92 Å². The van der Waals surface area contributed by atoms with Crippen LogP contribution in [0.5, 0.6) is 0 Å². The number of hydrogen-bond donors (Lipinski definition) is 0. The summed E-state index contributed by atoms with van der Waals surface area (Å²) in [4.78, 5) is 0. The molecule has 3 aromatic carbocycles. The van der Waals surface area contributed by atoms with Gasteiger partial charge in [0.2, 0.25) is 0 Å². The highest BCUT2D eigenvalue weighted by atomic mass is 16.5. The molecule has 0 saturated heterocycles. The van der Waals surface area contributed by atoms with E-state index in [1.807, 2.05) is 6.07 Å². The number of rotatable bonds is 5. The second kappa shape index (κ2) is 6.55. The van der Waals surface area contributed by atoms with E-state index >= 15 is 0 Å². The first-order chi connectivity index (χ1) is 10.3. The van der Waals surface area contributed by atoms with Crippen molar-refractivity contribution < 1.29 is 4.74 Å². The topological polar surface area (TPSA) is 9.23 Å². The molecule has 0 fully saturated rings. The average Bonchev–Trinajstić information content (AvgIpc) is 2.55. The van der Waals surface area contributed by atoms with E-state index in [4.69, 9.17) is 4.74 Å². The summed E-state index contributed by atoms with van der Waals surface area (Å²) in [7, 11) is 0. The molecule has 21 heavy (non-hydrogen) atoms. The standard InChI is InChI=1S/C20H20O/c1-16(18-7-3-2-4-8-18)14-21-15-17-11-12-19-9-5-6-10-20(19)13-17/h2-13,16H,14-15H2,1H3. The molecule has 1 nitrogen and oxygen atoms in total. The molecule has 3 aromatic rings. The Morgan fingerprint density at radius 1 is 0.810 bits per heavy atom. The summed E-state index contributed by atoms with van der Waals surface area (Å²) in [5.74, 6) is 0.423.